The second kappa shape index (κ2) is 7.10. The first-order chi connectivity index (χ1) is 13.4. The Morgan fingerprint density at radius 2 is 1.79 bits per heavy atom. The predicted molar refractivity (Wildman–Crippen MR) is 110 cm³/mol. The summed E-state index contributed by atoms with van der Waals surface area (Å²) in [6, 6.07) is 0. The van der Waals surface area contributed by atoms with E-state index in [1.807, 2.05) is 20.8 Å². The molecule has 29 heavy (non-hydrogen) atoms. The third-order valence-corrected chi connectivity index (χ3v) is 7.61. The molecule has 0 heterocycles. The van der Waals surface area contributed by atoms with E-state index in [0.717, 1.165) is 5.57 Å². The molecule has 4 aliphatic rings. The number of carbonyl (C=O) groups is 3. The van der Waals surface area contributed by atoms with E-state index in [4.69, 9.17) is 9.47 Å². The fourth-order valence-corrected chi connectivity index (χ4v) is 6.06. The van der Waals surface area contributed by atoms with Crippen molar-refractivity contribution in [2.24, 2.45) is 34.5 Å². The van der Waals surface area contributed by atoms with Crippen molar-refractivity contribution in [3.63, 3.8) is 0 Å². The largest absolute Gasteiger partial charge is 0.458 e. The van der Waals surface area contributed by atoms with Crippen LogP contribution >= 0.6 is 0 Å². The Labute approximate surface area is 173 Å². The molecular weight excluding hydrogens is 368 g/mol. The summed E-state index contributed by atoms with van der Waals surface area (Å²) < 4.78 is 11.9. The summed E-state index contributed by atoms with van der Waals surface area (Å²) in [6.45, 7) is 15.3. The molecule has 160 valence electrons. The van der Waals surface area contributed by atoms with Gasteiger partial charge in [-0.05, 0) is 50.5 Å². The lowest BCUT2D eigenvalue weighted by Gasteiger charge is -2.64. The van der Waals surface area contributed by atoms with Gasteiger partial charge in [0.1, 0.15) is 12.2 Å². The maximum absolute atomic E-state index is 12.9. The second-order valence-electron chi connectivity index (χ2n) is 10.2. The molecule has 6 atom stereocenters. The molecule has 0 radical (unpaired) electrons. The minimum absolute atomic E-state index is 0.0662. The van der Waals surface area contributed by atoms with Crippen molar-refractivity contribution in [1.82, 2.24) is 0 Å². The first kappa shape index (κ1) is 21.8. The maximum atomic E-state index is 12.9. The van der Waals surface area contributed by atoms with Crippen LogP contribution in [0.1, 0.15) is 61.8 Å². The van der Waals surface area contributed by atoms with Gasteiger partial charge in [0, 0.05) is 16.9 Å². The summed E-state index contributed by atoms with van der Waals surface area (Å²) in [5.74, 6) is -0.664. The van der Waals surface area contributed by atoms with E-state index in [0.29, 0.717) is 12.0 Å². The highest BCUT2D eigenvalue weighted by Gasteiger charge is 2.72. The van der Waals surface area contributed by atoms with E-state index in [9.17, 15) is 14.4 Å². The molecule has 5 nitrogen and oxygen atoms in total. The molecule has 0 unspecified atom stereocenters. The fraction of sp³-hybridized carbons (Fsp3) is 0.708. The van der Waals surface area contributed by atoms with E-state index in [1.165, 1.54) is 0 Å². The van der Waals surface area contributed by atoms with Crippen molar-refractivity contribution < 1.29 is 23.9 Å². The molecule has 0 aromatic rings. The normalized spacial score (nSPS) is 38.0. The van der Waals surface area contributed by atoms with E-state index >= 15 is 0 Å². The van der Waals surface area contributed by atoms with Gasteiger partial charge in [-0.15, -0.1) is 0 Å². The van der Waals surface area contributed by atoms with Crippen LogP contribution in [0.5, 0.6) is 0 Å². The predicted octanol–water partition coefficient (Wildman–Crippen LogP) is 4.26. The SMILES string of the molecule is C/C=C(/C)C(=O)O[C@@H]1[C@@H](OC(=O)C(C)C)C[C@@]2(C)[C@@H]3C(=O)C=C(C)[C@H]2[C@@H]3C1(C)C. The number of ether oxygens (including phenoxy) is 2. The van der Waals surface area contributed by atoms with Crippen molar-refractivity contribution in [2.75, 3.05) is 0 Å². The zero-order valence-electron chi connectivity index (χ0n) is 18.9. The Balaban J connectivity index is 2.06. The Bertz CT molecular complexity index is 802. The molecule has 0 amide bonds. The van der Waals surface area contributed by atoms with Crippen molar-refractivity contribution in [3.8, 4) is 0 Å². The number of carbonyl (C=O) groups excluding carboxylic acids is 3. The third kappa shape index (κ3) is 3.17. The summed E-state index contributed by atoms with van der Waals surface area (Å²) in [6.07, 6.45) is 2.83. The number of ketones is 1. The molecule has 3 saturated carbocycles. The van der Waals surface area contributed by atoms with Crippen molar-refractivity contribution in [3.05, 3.63) is 23.3 Å². The number of hydrogen-bond donors (Lipinski definition) is 0. The Hall–Kier alpha value is -1.91. The van der Waals surface area contributed by atoms with Crippen molar-refractivity contribution >= 4 is 17.7 Å². The van der Waals surface area contributed by atoms with Gasteiger partial charge in [-0.2, -0.15) is 0 Å². The molecule has 0 saturated heterocycles. The first-order valence-electron chi connectivity index (χ1n) is 10.6. The van der Waals surface area contributed by atoms with Crippen LogP contribution in [-0.2, 0) is 23.9 Å². The Kier molecular flexibility index (Phi) is 5.34. The minimum Gasteiger partial charge on any atom is -0.458 e. The van der Waals surface area contributed by atoms with Crippen molar-refractivity contribution in [2.45, 2.75) is 74.0 Å². The van der Waals surface area contributed by atoms with E-state index in [2.05, 4.69) is 6.92 Å². The molecular formula is C24H34O5. The highest BCUT2D eigenvalue weighted by molar-refractivity contribution is 5.96. The van der Waals surface area contributed by atoms with Gasteiger partial charge in [-0.3, -0.25) is 9.59 Å². The molecule has 4 bridgehead atoms. The average molecular weight is 403 g/mol. The van der Waals surface area contributed by atoms with Gasteiger partial charge in [-0.25, -0.2) is 4.79 Å². The van der Waals surface area contributed by atoms with E-state index in [1.54, 1.807) is 39.8 Å². The number of hydrogen-bond acceptors (Lipinski definition) is 5. The van der Waals surface area contributed by atoms with Crippen LogP contribution in [0.2, 0.25) is 0 Å². The molecule has 3 fully saturated rings. The van der Waals surface area contributed by atoms with Gasteiger partial charge in [0.2, 0.25) is 0 Å². The highest BCUT2D eigenvalue weighted by atomic mass is 16.6. The smallest absolute Gasteiger partial charge is 0.333 e. The van der Waals surface area contributed by atoms with Crippen LogP contribution in [0.15, 0.2) is 23.3 Å². The summed E-state index contributed by atoms with van der Waals surface area (Å²) in [7, 11) is 0. The van der Waals surface area contributed by atoms with Crippen LogP contribution in [0.3, 0.4) is 0 Å². The quantitative estimate of drug-likeness (QED) is 0.519. The topological polar surface area (TPSA) is 69.7 Å². The maximum Gasteiger partial charge on any atom is 0.333 e. The summed E-state index contributed by atoms with van der Waals surface area (Å²) >= 11 is 0. The first-order valence-corrected chi connectivity index (χ1v) is 10.6. The molecule has 0 aromatic carbocycles. The molecule has 0 N–H and O–H groups in total. The zero-order chi connectivity index (χ0) is 21.9. The zero-order valence-corrected chi connectivity index (χ0v) is 18.9. The Morgan fingerprint density at radius 1 is 1.17 bits per heavy atom. The minimum atomic E-state index is -0.606. The molecule has 0 spiro atoms. The van der Waals surface area contributed by atoms with Crippen LogP contribution in [0, 0.1) is 34.5 Å². The van der Waals surface area contributed by atoms with Gasteiger partial charge in [0.05, 0.1) is 5.92 Å². The van der Waals surface area contributed by atoms with Crippen LogP contribution < -0.4 is 0 Å². The molecule has 4 aliphatic carbocycles. The summed E-state index contributed by atoms with van der Waals surface area (Å²) in [5.41, 5.74) is 0.812. The number of rotatable bonds is 4. The Morgan fingerprint density at radius 3 is 2.31 bits per heavy atom. The fourth-order valence-electron chi connectivity index (χ4n) is 6.06. The van der Waals surface area contributed by atoms with Gasteiger partial charge in [-0.1, -0.05) is 46.3 Å². The van der Waals surface area contributed by atoms with Crippen LogP contribution in [-0.4, -0.2) is 29.9 Å². The summed E-state index contributed by atoms with van der Waals surface area (Å²) in [5, 5.41) is 0. The standard InChI is InChI=1S/C24H34O5/c1-9-13(4)22(27)29-20-16(28-21(26)12(2)3)11-24(8)17-14(5)10-15(25)18(24)19(17)23(20,6)7/h9-10,12,16-20H,11H2,1-8H3/b13-9-/t16-,17-,18+,19-,20+,24+/m0/s1. The molecule has 0 aliphatic heterocycles. The monoisotopic (exact) mass is 402 g/mol. The van der Waals surface area contributed by atoms with Crippen LogP contribution in [0.4, 0.5) is 0 Å². The molecule has 4 rings (SSSR count). The van der Waals surface area contributed by atoms with Crippen molar-refractivity contribution in [1.29, 1.82) is 0 Å². The number of fused-ring (bicyclic) bond motifs is 3. The number of allylic oxidation sites excluding steroid dienone is 3. The lowest BCUT2D eigenvalue weighted by atomic mass is 9.38. The third-order valence-electron chi connectivity index (χ3n) is 7.61. The molecule has 5 heteroatoms. The lowest BCUT2D eigenvalue weighted by Crippen LogP contribution is -2.64. The van der Waals surface area contributed by atoms with Gasteiger partial charge >= 0.3 is 11.9 Å². The average Bonchev–Trinajstić information content (AvgIpc) is 2.72. The van der Waals surface area contributed by atoms with Crippen LogP contribution in [0.25, 0.3) is 0 Å². The van der Waals surface area contributed by atoms with E-state index < -0.39 is 23.6 Å². The lowest BCUT2D eigenvalue weighted by molar-refractivity contribution is -0.184. The van der Waals surface area contributed by atoms with Gasteiger partial charge in [0.25, 0.3) is 0 Å². The summed E-state index contributed by atoms with van der Waals surface area (Å²) in [4.78, 5) is 38.1. The molecule has 0 aromatic heterocycles. The second-order valence-corrected chi connectivity index (χ2v) is 10.2. The van der Waals surface area contributed by atoms with E-state index in [-0.39, 0.29) is 40.8 Å². The highest BCUT2D eigenvalue weighted by Crippen LogP contribution is 2.71. The van der Waals surface area contributed by atoms with Gasteiger partial charge < -0.3 is 9.47 Å². The number of esters is 2. The van der Waals surface area contributed by atoms with Gasteiger partial charge in [0.15, 0.2) is 5.78 Å².